The van der Waals surface area contributed by atoms with Gasteiger partial charge in [-0.3, -0.25) is 0 Å². The average molecular weight is 488 g/mol. The van der Waals surface area contributed by atoms with Crippen molar-refractivity contribution in [2.45, 2.75) is 19.6 Å². The molecule has 0 radical (unpaired) electrons. The van der Waals surface area contributed by atoms with Gasteiger partial charge in [0.05, 0.1) is 25.5 Å². The number of aromatic nitrogens is 2. The molecule has 9 heteroatoms. The highest BCUT2D eigenvalue weighted by atomic mass is 35.5. The van der Waals surface area contributed by atoms with Crippen LogP contribution in [0.1, 0.15) is 16.8 Å². The zero-order chi connectivity index (χ0) is 24.5. The van der Waals surface area contributed by atoms with Gasteiger partial charge < -0.3 is 14.8 Å². The largest absolute Gasteiger partial charge is 0.497 e. The first-order valence-corrected chi connectivity index (χ1v) is 10.7. The summed E-state index contributed by atoms with van der Waals surface area (Å²) in [7, 11) is 3.15. The van der Waals surface area contributed by atoms with Gasteiger partial charge in [-0.1, -0.05) is 17.7 Å². The molecule has 5 nitrogen and oxygen atoms in total. The van der Waals surface area contributed by atoms with Crippen LogP contribution in [0.2, 0.25) is 5.02 Å². The van der Waals surface area contributed by atoms with E-state index in [2.05, 4.69) is 15.5 Å². The topological polar surface area (TPSA) is 56.3 Å². The molecule has 0 bridgehead atoms. The van der Waals surface area contributed by atoms with Crippen molar-refractivity contribution in [2.75, 3.05) is 19.5 Å². The van der Waals surface area contributed by atoms with Crippen LogP contribution in [0, 0.1) is 6.92 Å². The lowest BCUT2D eigenvalue weighted by Gasteiger charge is -2.16. The third-order valence-electron chi connectivity index (χ3n) is 5.50. The van der Waals surface area contributed by atoms with E-state index in [1.807, 2.05) is 12.1 Å². The first kappa shape index (κ1) is 23.6. The van der Waals surface area contributed by atoms with E-state index >= 15 is 0 Å². The van der Waals surface area contributed by atoms with E-state index in [-0.39, 0.29) is 10.6 Å². The maximum Gasteiger partial charge on any atom is 0.417 e. The predicted octanol–water partition coefficient (Wildman–Crippen LogP) is 6.91. The molecule has 0 saturated carbocycles. The van der Waals surface area contributed by atoms with Crippen molar-refractivity contribution in [3.63, 3.8) is 0 Å². The van der Waals surface area contributed by atoms with E-state index in [4.69, 9.17) is 21.1 Å². The summed E-state index contributed by atoms with van der Waals surface area (Å²) in [6.45, 7) is 2.16. The molecule has 34 heavy (non-hydrogen) atoms. The van der Waals surface area contributed by atoms with Crippen LogP contribution in [0.4, 0.5) is 19.0 Å². The molecule has 4 rings (SSSR count). The number of anilines is 1. The molecular formula is C25H21ClF3N3O2. The summed E-state index contributed by atoms with van der Waals surface area (Å²) in [5.41, 5.74) is 1.13. The van der Waals surface area contributed by atoms with Gasteiger partial charge in [-0.25, -0.2) is 0 Å². The van der Waals surface area contributed by atoms with Crippen molar-refractivity contribution in [1.29, 1.82) is 0 Å². The Kier molecular flexibility index (Phi) is 6.52. The minimum Gasteiger partial charge on any atom is -0.497 e. The van der Waals surface area contributed by atoms with Crippen molar-refractivity contribution in [2.24, 2.45) is 0 Å². The summed E-state index contributed by atoms with van der Waals surface area (Å²) in [5.74, 6) is 1.83. The maximum atomic E-state index is 13.6. The van der Waals surface area contributed by atoms with Crippen molar-refractivity contribution in [3.05, 3.63) is 76.4 Å². The Morgan fingerprint density at radius 1 is 0.912 bits per heavy atom. The molecule has 0 aliphatic carbocycles. The fourth-order valence-electron chi connectivity index (χ4n) is 3.76. The fourth-order valence-corrected chi connectivity index (χ4v) is 3.93. The minimum atomic E-state index is -4.51. The van der Waals surface area contributed by atoms with Gasteiger partial charge >= 0.3 is 6.18 Å². The Morgan fingerprint density at radius 2 is 1.71 bits per heavy atom. The molecule has 3 aromatic carbocycles. The van der Waals surface area contributed by atoms with E-state index in [1.165, 1.54) is 12.1 Å². The lowest BCUT2D eigenvalue weighted by atomic mass is 9.96. The number of benzene rings is 3. The Morgan fingerprint density at radius 3 is 2.41 bits per heavy atom. The number of hydrogen-bond donors (Lipinski definition) is 1. The molecule has 176 valence electrons. The van der Waals surface area contributed by atoms with E-state index in [9.17, 15) is 13.2 Å². The van der Waals surface area contributed by atoms with Crippen LogP contribution in [-0.2, 0) is 12.7 Å². The summed E-state index contributed by atoms with van der Waals surface area (Å²) in [6.07, 6.45) is -4.51. The first-order valence-electron chi connectivity index (χ1n) is 10.3. The number of nitrogens with zero attached hydrogens (tertiary/aromatic N) is 2. The molecule has 1 aromatic heterocycles. The number of rotatable bonds is 6. The molecule has 1 heterocycles. The molecule has 0 saturated heterocycles. The summed E-state index contributed by atoms with van der Waals surface area (Å²) >= 11 is 6.02. The van der Waals surface area contributed by atoms with Crippen LogP contribution in [0.3, 0.4) is 0 Å². The van der Waals surface area contributed by atoms with E-state index in [0.29, 0.717) is 40.5 Å². The molecule has 0 aliphatic rings. The summed E-state index contributed by atoms with van der Waals surface area (Å²) in [6, 6.07) is 14.1. The highest BCUT2D eigenvalue weighted by molar-refractivity contribution is 6.30. The summed E-state index contributed by atoms with van der Waals surface area (Å²) in [4.78, 5) is 0. The van der Waals surface area contributed by atoms with Gasteiger partial charge in [-0.05, 0) is 60.5 Å². The third-order valence-corrected chi connectivity index (χ3v) is 5.74. The van der Waals surface area contributed by atoms with Gasteiger partial charge in [0.1, 0.15) is 11.5 Å². The number of halogens is 4. The van der Waals surface area contributed by atoms with Gasteiger partial charge in [0.25, 0.3) is 0 Å². The second-order valence-corrected chi connectivity index (χ2v) is 8.05. The van der Waals surface area contributed by atoms with Crippen LogP contribution in [-0.4, -0.2) is 24.4 Å². The monoisotopic (exact) mass is 487 g/mol. The fraction of sp³-hybridized carbons (Fsp3) is 0.200. The number of nitrogens with one attached hydrogen (secondary N) is 1. The van der Waals surface area contributed by atoms with Gasteiger partial charge in [0, 0.05) is 34.0 Å². The van der Waals surface area contributed by atoms with E-state index in [1.54, 1.807) is 45.4 Å². The molecule has 0 amide bonds. The number of hydrogen-bond acceptors (Lipinski definition) is 5. The SMILES string of the molecule is COc1ccc(CNc2nnc(C)c3cc(-c4cc(Cl)ccc4C(F)(F)F)ccc23)c(OC)c1. The van der Waals surface area contributed by atoms with Gasteiger partial charge in [-0.15, -0.1) is 5.10 Å². The molecule has 0 unspecified atom stereocenters. The van der Waals surface area contributed by atoms with Crippen LogP contribution in [0.15, 0.2) is 54.6 Å². The van der Waals surface area contributed by atoms with E-state index < -0.39 is 11.7 Å². The standard InChI is InChI=1S/C25H21ClF3N3O2/c1-14-20-10-15(21-11-17(26)6-9-22(21)25(27,28)29)5-8-19(20)24(32-31-14)30-13-16-4-7-18(33-2)12-23(16)34-3/h4-12H,13H2,1-3H3,(H,30,32). The van der Waals surface area contributed by atoms with Crippen LogP contribution >= 0.6 is 11.6 Å². The lowest BCUT2D eigenvalue weighted by Crippen LogP contribution is -2.07. The minimum absolute atomic E-state index is 0.00981. The summed E-state index contributed by atoms with van der Waals surface area (Å²) in [5, 5.41) is 13.4. The van der Waals surface area contributed by atoms with Crippen molar-refractivity contribution >= 4 is 28.2 Å². The number of methoxy groups -OCH3 is 2. The molecule has 0 fully saturated rings. The molecule has 0 spiro atoms. The highest BCUT2D eigenvalue weighted by Crippen LogP contribution is 2.40. The van der Waals surface area contributed by atoms with Gasteiger partial charge in [0.15, 0.2) is 5.82 Å². The first-order chi connectivity index (χ1) is 16.2. The van der Waals surface area contributed by atoms with E-state index in [0.717, 1.165) is 17.0 Å². The number of ether oxygens (including phenoxy) is 2. The lowest BCUT2D eigenvalue weighted by molar-refractivity contribution is -0.137. The normalized spacial score (nSPS) is 11.5. The number of alkyl halides is 3. The number of fused-ring (bicyclic) bond motifs is 1. The Balaban J connectivity index is 1.72. The molecule has 0 aliphatic heterocycles. The summed E-state index contributed by atoms with van der Waals surface area (Å²) < 4.78 is 51.5. The predicted molar refractivity (Wildman–Crippen MR) is 127 cm³/mol. The second kappa shape index (κ2) is 9.38. The van der Waals surface area contributed by atoms with Crippen molar-refractivity contribution < 1.29 is 22.6 Å². The molecule has 0 atom stereocenters. The molecule has 1 N–H and O–H groups in total. The van der Waals surface area contributed by atoms with Gasteiger partial charge in [-0.2, -0.15) is 18.3 Å². The number of aryl methyl sites for hydroxylation is 1. The maximum absolute atomic E-state index is 13.6. The Bertz CT molecular complexity index is 1360. The van der Waals surface area contributed by atoms with Crippen LogP contribution in [0.25, 0.3) is 21.9 Å². The molecular weight excluding hydrogens is 467 g/mol. The average Bonchev–Trinajstić information content (AvgIpc) is 2.82. The Hall–Kier alpha value is -3.52. The van der Waals surface area contributed by atoms with Crippen molar-refractivity contribution in [3.8, 4) is 22.6 Å². The van der Waals surface area contributed by atoms with Gasteiger partial charge in [0.2, 0.25) is 0 Å². The zero-order valence-corrected chi connectivity index (χ0v) is 19.4. The third kappa shape index (κ3) is 4.72. The quantitative estimate of drug-likeness (QED) is 0.320. The highest BCUT2D eigenvalue weighted by Gasteiger charge is 2.33. The van der Waals surface area contributed by atoms with Crippen LogP contribution < -0.4 is 14.8 Å². The second-order valence-electron chi connectivity index (χ2n) is 7.61. The zero-order valence-electron chi connectivity index (χ0n) is 18.6. The Labute approximate surface area is 199 Å². The smallest absolute Gasteiger partial charge is 0.417 e. The van der Waals surface area contributed by atoms with Crippen molar-refractivity contribution in [1.82, 2.24) is 10.2 Å². The van der Waals surface area contributed by atoms with Crippen LogP contribution in [0.5, 0.6) is 11.5 Å². The molecule has 4 aromatic rings.